The first-order valence-corrected chi connectivity index (χ1v) is 4.33. The molecule has 0 aliphatic carbocycles. The summed E-state index contributed by atoms with van der Waals surface area (Å²) in [6.07, 6.45) is 0. The molecule has 0 aromatic heterocycles. The zero-order valence-corrected chi connectivity index (χ0v) is 8.39. The molecule has 0 heterocycles. The van der Waals surface area contributed by atoms with E-state index in [-0.39, 0.29) is 12.1 Å². The van der Waals surface area contributed by atoms with Crippen LogP contribution in [0.15, 0.2) is 18.2 Å². The van der Waals surface area contributed by atoms with Crippen molar-refractivity contribution in [3.8, 4) is 0 Å². The monoisotopic (exact) mass is 217 g/mol. The highest BCUT2D eigenvalue weighted by Gasteiger charge is 2.09. The van der Waals surface area contributed by atoms with Crippen molar-refractivity contribution >= 4 is 17.9 Å². The number of benzene rings is 1. The zero-order chi connectivity index (χ0) is 10.7. The zero-order valence-electron chi connectivity index (χ0n) is 7.50. The van der Waals surface area contributed by atoms with Gasteiger partial charge in [0.15, 0.2) is 0 Å². The summed E-state index contributed by atoms with van der Waals surface area (Å²) in [6, 6.07) is 3.12. The number of amides is 1. The number of carbonyl (C=O) groups excluding carboxylic acids is 1. The lowest BCUT2D eigenvalue weighted by atomic mass is 10.2. The van der Waals surface area contributed by atoms with Crippen LogP contribution in [0.5, 0.6) is 0 Å². The lowest BCUT2D eigenvalue weighted by Gasteiger charge is -2.14. The molecule has 0 aliphatic heterocycles. The quantitative estimate of drug-likeness (QED) is 0.754. The van der Waals surface area contributed by atoms with Crippen LogP contribution < -0.4 is 0 Å². The van der Waals surface area contributed by atoms with E-state index in [2.05, 4.69) is 12.6 Å². The van der Waals surface area contributed by atoms with Gasteiger partial charge in [-0.3, -0.25) is 4.79 Å². The van der Waals surface area contributed by atoms with Crippen molar-refractivity contribution < 1.29 is 13.6 Å². The van der Waals surface area contributed by atoms with Crippen LogP contribution in [0.3, 0.4) is 0 Å². The summed E-state index contributed by atoms with van der Waals surface area (Å²) < 4.78 is 25.8. The summed E-state index contributed by atoms with van der Waals surface area (Å²) in [5.74, 6) is -1.06. The minimum absolute atomic E-state index is 0.00588. The van der Waals surface area contributed by atoms with Gasteiger partial charge in [-0.25, -0.2) is 8.78 Å². The van der Waals surface area contributed by atoms with Crippen LogP contribution in [0.2, 0.25) is 0 Å². The Morgan fingerprint density at radius 1 is 1.50 bits per heavy atom. The standard InChI is InChI=1S/C9H9F2NOS/c1-12(9(13)14)5-6-4-7(10)2-3-8(6)11/h2-4H,5H2,1H3,(H,13,14). The van der Waals surface area contributed by atoms with Crippen LogP contribution in [-0.4, -0.2) is 17.2 Å². The summed E-state index contributed by atoms with van der Waals surface area (Å²) in [4.78, 5) is 11.9. The molecule has 1 aromatic carbocycles. The van der Waals surface area contributed by atoms with Gasteiger partial charge in [-0.2, -0.15) is 0 Å². The Hall–Kier alpha value is -1.10. The predicted octanol–water partition coefficient (Wildman–Crippen LogP) is 2.45. The number of hydrogen-bond acceptors (Lipinski definition) is 1. The molecule has 0 spiro atoms. The number of nitrogens with zero attached hydrogens (tertiary/aromatic N) is 1. The molecule has 0 N–H and O–H groups in total. The predicted molar refractivity (Wildman–Crippen MR) is 52.2 cm³/mol. The second-order valence-corrected chi connectivity index (χ2v) is 3.26. The molecular formula is C9H9F2NOS. The van der Waals surface area contributed by atoms with E-state index >= 15 is 0 Å². The van der Waals surface area contributed by atoms with Crippen molar-refractivity contribution in [3.05, 3.63) is 35.4 Å². The van der Waals surface area contributed by atoms with Crippen molar-refractivity contribution in [1.29, 1.82) is 0 Å². The first-order chi connectivity index (χ1) is 6.50. The number of halogens is 2. The number of rotatable bonds is 2. The molecule has 14 heavy (non-hydrogen) atoms. The molecular weight excluding hydrogens is 208 g/mol. The summed E-state index contributed by atoms with van der Waals surface area (Å²) >= 11 is 3.55. The second-order valence-electron chi connectivity index (χ2n) is 2.87. The Morgan fingerprint density at radius 3 is 2.71 bits per heavy atom. The van der Waals surface area contributed by atoms with E-state index in [9.17, 15) is 13.6 Å². The van der Waals surface area contributed by atoms with Crippen LogP contribution in [0.4, 0.5) is 13.6 Å². The highest BCUT2D eigenvalue weighted by Crippen LogP contribution is 2.12. The van der Waals surface area contributed by atoms with E-state index in [1.54, 1.807) is 0 Å². The minimum Gasteiger partial charge on any atom is -0.332 e. The Labute approximate surface area is 85.9 Å². The molecule has 0 aliphatic rings. The number of thiol groups is 1. The average Bonchev–Trinajstić information content (AvgIpc) is 2.11. The lowest BCUT2D eigenvalue weighted by molar-refractivity contribution is 0.231. The van der Waals surface area contributed by atoms with Gasteiger partial charge in [-0.05, 0) is 18.2 Å². The SMILES string of the molecule is CN(Cc1cc(F)ccc1F)C(=O)S. The van der Waals surface area contributed by atoms with Crippen LogP contribution in [0.25, 0.3) is 0 Å². The van der Waals surface area contributed by atoms with Gasteiger partial charge in [0.2, 0.25) is 0 Å². The fraction of sp³-hybridized carbons (Fsp3) is 0.222. The Morgan fingerprint density at radius 2 is 2.14 bits per heavy atom. The van der Waals surface area contributed by atoms with Gasteiger partial charge in [0.1, 0.15) is 11.6 Å². The maximum Gasteiger partial charge on any atom is 0.278 e. The number of hydrogen-bond donors (Lipinski definition) is 1. The van der Waals surface area contributed by atoms with Gasteiger partial charge in [-0.15, -0.1) is 0 Å². The van der Waals surface area contributed by atoms with Gasteiger partial charge in [0, 0.05) is 19.2 Å². The highest BCUT2D eigenvalue weighted by atomic mass is 32.1. The van der Waals surface area contributed by atoms with E-state index in [0.29, 0.717) is 0 Å². The van der Waals surface area contributed by atoms with E-state index in [1.165, 1.54) is 11.9 Å². The molecule has 1 rings (SSSR count). The van der Waals surface area contributed by atoms with Gasteiger partial charge in [0.05, 0.1) is 0 Å². The first-order valence-electron chi connectivity index (χ1n) is 3.88. The molecule has 0 bridgehead atoms. The topological polar surface area (TPSA) is 20.3 Å². The van der Waals surface area contributed by atoms with Crippen molar-refractivity contribution in [2.45, 2.75) is 6.54 Å². The summed E-state index contributed by atoms with van der Waals surface area (Å²) in [5, 5.41) is -0.492. The van der Waals surface area contributed by atoms with Crippen LogP contribution >= 0.6 is 12.6 Å². The number of carbonyl (C=O) groups is 1. The molecule has 0 fully saturated rings. The summed E-state index contributed by atoms with van der Waals surface area (Å²) in [5.41, 5.74) is 0.134. The van der Waals surface area contributed by atoms with Crippen molar-refractivity contribution in [2.24, 2.45) is 0 Å². The fourth-order valence-corrected chi connectivity index (χ4v) is 1.06. The second kappa shape index (κ2) is 4.41. The average molecular weight is 217 g/mol. The molecule has 1 aromatic rings. The molecule has 5 heteroatoms. The molecule has 0 saturated carbocycles. The maximum atomic E-state index is 13.1. The van der Waals surface area contributed by atoms with Crippen LogP contribution in [0, 0.1) is 11.6 Å². The Bertz CT molecular complexity index is 357. The van der Waals surface area contributed by atoms with Gasteiger partial charge >= 0.3 is 0 Å². The third-order valence-corrected chi connectivity index (χ3v) is 2.08. The lowest BCUT2D eigenvalue weighted by Crippen LogP contribution is -2.20. The van der Waals surface area contributed by atoms with Gasteiger partial charge < -0.3 is 4.90 Å². The van der Waals surface area contributed by atoms with E-state index in [0.717, 1.165) is 18.2 Å². The van der Waals surface area contributed by atoms with Crippen molar-refractivity contribution in [3.63, 3.8) is 0 Å². The molecule has 0 atom stereocenters. The third-order valence-electron chi connectivity index (χ3n) is 1.74. The normalized spacial score (nSPS) is 10.0. The summed E-state index contributed by atoms with van der Waals surface area (Å²) in [6.45, 7) is 0.00588. The van der Waals surface area contributed by atoms with E-state index in [4.69, 9.17) is 0 Å². The molecule has 2 nitrogen and oxygen atoms in total. The summed E-state index contributed by atoms with van der Waals surface area (Å²) in [7, 11) is 1.46. The highest BCUT2D eigenvalue weighted by molar-refractivity contribution is 7.96. The first kappa shape index (κ1) is 11.0. The maximum absolute atomic E-state index is 13.1. The van der Waals surface area contributed by atoms with Gasteiger partial charge in [0.25, 0.3) is 5.24 Å². The van der Waals surface area contributed by atoms with Crippen molar-refractivity contribution in [1.82, 2.24) is 4.90 Å². The molecule has 1 amide bonds. The fourth-order valence-electron chi connectivity index (χ4n) is 0.988. The molecule has 0 radical (unpaired) electrons. The van der Waals surface area contributed by atoms with Crippen molar-refractivity contribution in [2.75, 3.05) is 7.05 Å². The largest absolute Gasteiger partial charge is 0.332 e. The Kier molecular flexibility index (Phi) is 3.46. The molecule has 76 valence electrons. The minimum atomic E-state index is -0.534. The van der Waals surface area contributed by atoms with Crippen LogP contribution in [-0.2, 0) is 6.54 Å². The van der Waals surface area contributed by atoms with Gasteiger partial charge in [-0.1, -0.05) is 12.6 Å². The molecule has 0 unspecified atom stereocenters. The molecule has 0 saturated heterocycles. The Balaban J connectivity index is 2.85. The van der Waals surface area contributed by atoms with E-state index in [1.807, 2.05) is 0 Å². The third kappa shape index (κ3) is 2.70. The van der Waals surface area contributed by atoms with Crippen LogP contribution in [0.1, 0.15) is 5.56 Å². The smallest absolute Gasteiger partial charge is 0.278 e. The van der Waals surface area contributed by atoms with E-state index < -0.39 is 16.9 Å².